The molecule has 0 radical (unpaired) electrons. The lowest BCUT2D eigenvalue weighted by molar-refractivity contribution is 0.0520. The van der Waals surface area contributed by atoms with Crippen LogP contribution >= 0.6 is 11.3 Å². The Morgan fingerprint density at radius 2 is 1.83 bits per heavy atom. The van der Waals surface area contributed by atoms with Crippen molar-refractivity contribution in [2.75, 3.05) is 25.0 Å². The van der Waals surface area contributed by atoms with Crippen molar-refractivity contribution >= 4 is 38.4 Å². The maximum atomic E-state index is 12.9. The van der Waals surface area contributed by atoms with E-state index in [2.05, 4.69) is 24.1 Å². The molecule has 0 spiro atoms. The van der Waals surface area contributed by atoms with E-state index in [1.807, 2.05) is 0 Å². The second-order valence-corrected chi connectivity index (χ2v) is 10.3. The molecule has 1 aromatic carbocycles. The van der Waals surface area contributed by atoms with Crippen LogP contribution in [-0.2, 0) is 14.8 Å². The number of anilines is 1. The normalized spacial score (nSPS) is 20.0. The Labute approximate surface area is 180 Å². The summed E-state index contributed by atoms with van der Waals surface area (Å²) in [7, 11) is -3.60. The van der Waals surface area contributed by atoms with Gasteiger partial charge in [0, 0.05) is 24.0 Å². The van der Waals surface area contributed by atoms with Crippen molar-refractivity contribution in [2.24, 2.45) is 11.8 Å². The minimum Gasteiger partial charge on any atom is -0.461 e. The number of amides is 1. The molecule has 1 aromatic heterocycles. The first kappa shape index (κ1) is 22.4. The smallest absolute Gasteiger partial charge is 0.357 e. The SMILES string of the molecule is CCOC(=O)c1csc(NC(=O)c2ccc(S(=O)(=O)N3CC(C)CC(C)C3)cc2)n1. The second-order valence-electron chi connectivity index (χ2n) is 7.50. The summed E-state index contributed by atoms with van der Waals surface area (Å²) in [6, 6.07) is 5.83. The standard InChI is InChI=1S/C20H25N3O5S2/c1-4-28-19(25)17-12-29-20(21-17)22-18(24)15-5-7-16(8-6-15)30(26,27)23-10-13(2)9-14(3)11-23/h5-8,12-14H,4,9-11H2,1-3H3,(H,21,22,24). The van der Waals surface area contributed by atoms with Gasteiger partial charge < -0.3 is 4.74 Å². The molecule has 2 unspecified atom stereocenters. The highest BCUT2D eigenvalue weighted by Crippen LogP contribution is 2.27. The summed E-state index contributed by atoms with van der Waals surface area (Å²) < 4.78 is 32.3. The van der Waals surface area contributed by atoms with Gasteiger partial charge in [0.2, 0.25) is 10.0 Å². The topological polar surface area (TPSA) is 106 Å². The fourth-order valence-corrected chi connectivity index (χ4v) is 5.88. The number of nitrogens with one attached hydrogen (secondary N) is 1. The zero-order valence-corrected chi connectivity index (χ0v) is 18.8. The molecule has 2 heterocycles. The Hall–Kier alpha value is -2.30. The lowest BCUT2D eigenvalue weighted by atomic mass is 9.94. The van der Waals surface area contributed by atoms with Gasteiger partial charge in [0.25, 0.3) is 5.91 Å². The maximum Gasteiger partial charge on any atom is 0.357 e. The van der Waals surface area contributed by atoms with E-state index in [0.29, 0.717) is 30.5 Å². The van der Waals surface area contributed by atoms with Crippen LogP contribution in [0.25, 0.3) is 0 Å². The zero-order valence-electron chi connectivity index (χ0n) is 17.1. The summed E-state index contributed by atoms with van der Waals surface area (Å²) in [6.45, 7) is 7.05. The van der Waals surface area contributed by atoms with Crippen molar-refractivity contribution < 1.29 is 22.7 Å². The number of rotatable bonds is 6. The van der Waals surface area contributed by atoms with Gasteiger partial charge >= 0.3 is 5.97 Å². The molecule has 1 aliphatic heterocycles. The molecule has 3 rings (SSSR count). The van der Waals surface area contributed by atoms with E-state index in [0.717, 1.165) is 17.8 Å². The number of carbonyl (C=O) groups is 2. The van der Waals surface area contributed by atoms with Gasteiger partial charge in [0.15, 0.2) is 10.8 Å². The molecule has 1 fully saturated rings. The Balaban J connectivity index is 1.69. The molecule has 2 atom stereocenters. The number of benzene rings is 1. The first-order valence-corrected chi connectivity index (χ1v) is 12.1. The number of nitrogens with zero attached hydrogens (tertiary/aromatic N) is 2. The average Bonchev–Trinajstić information content (AvgIpc) is 3.16. The Bertz CT molecular complexity index is 1010. The minimum atomic E-state index is -3.60. The van der Waals surface area contributed by atoms with Crippen LogP contribution in [0.2, 0.25) is 0 Å². The van der Waals surface area contributed by atoms with E-state index >= 15 is 0 Å². The number of piperidine rings is 1. The van der Waals surface area contributed by atoms with Gasteiger partial charge in [0.05, 0.1) is 11.5 Å². The fraction of sp³-hybridized carbons (Fsp3) is 0.450. The summed E-state index contributed by atoms with van der Waals surface area (Å²) in [5.41, 5.74) is 0.422. The van der Waals surface area contributed by atoms with Crippen LogP contribution in [0.4, 0.5) is 5.13 Å². The summed E-state index contributed by atoms with van der Waals surface area (Å²) >= 11 is 1.11. The van der Waals surface area contributed by atoms with E-state index in [1.54, 1.807) is 6.92 Å². The predicted molar refractivity (Wildman–Crippen MR) is 114 cm³/mol. The number of hydrogen-bond donors (Lipinski definition) is 1. The molecule has 1 amide bonds. The lowest BCUT2D eigenvalue weighted by Gasteiger charge is -2.34. The van der Waals surface area contributed by atoms with Crippen LogP contribution < -0.4 is 5.32 Å². The van der Waals surface area contributed by atoms with Gasteiger partial charge in [-0.2, -0.15) is 4.31 Å². The number of thiazole rings is 1. The fourth-order valence-electron chi connectivity index (χ4n) is 3.53. The van der Waals surface area contributed by atoms with Crippen LogP contribution in [0.1, 0.15) is 48.0 Å². The third-order valence-corrected chi connectivity index (χ3v) is 7.40. The van der Waals surface area contributed by atoms with Gasteiger partial charge in [0.1, 0.15) is 0 Å². The van der Waals surface area contributed by atoms with E-state index < -0.39 is 21.9 Å². The van der Waals surface area contributed by atoms with E-state index in [4.69, 9.17) is 4.74 Å². The lowest BCUT2D eigenvalue weighted by Crippen LogP contribution is -2.42. The first-order valence-electron chi connectivity index (χ1n) is 9.75. The van der Waals surface area contributed by atoms with Gasteiger partial charge in [-0.05, 0) is 49.4 Å². The Morgan fingerprint density at radius 3 is 2.43 bits per heavy atom. The van der Waals surface area contributed by atoms with Crippen molar-refractivity contribution in [3.63, 3.8) is 0 Å². The minimum absolute atomic E-state index is 0.128. The maximum absolute atomic E-state index is 12.9. The first-order chi connectivity index (χ1) is 14.2. The number of aromatic nitrogens is 1. The molecule has 0 aliphatic carbocycles. The van der Waals surface area contributed by atoms with Gasteiger partial charge in [-0.3, -0.25) is 10.1 Å². The molecular weight excluding hydrogens is 426 g/mol. The van der Waals surface area contributed by atoms with Crippen molar-refractivity contribution in [1.29, 1.82) is 0 Å². The predicted octanol–water partition coefficient (Wildman–Crippen LogP) is 3.24. The monoisotopic (exact) mass is 451 g/mol. The Kier molecular flexibility index (Phi) is 6.89. The quantitative estimate of drug-likeness (QED) is 0.676. The van der Waals surface area contributed by atoms with Crippen molar-refractivity contribution in [2.45, 2.75) is 32.1 Å². The van der Waals surface area contributed by atoms with Gasteiger partial charge in [-0.25, -0.2) is 18.2 Å². The molecule has 1 saturated heterocycles. The summed E-state index contributed by atoms with van der Waals surface area (Å²) in [5.74, 6) is -0.369. The third kappa shape index (κ3) is 5.05. The van der Waals surface area contributed by atoms with Crippen molar-refractivity contribution in [3.05, 3.63) is 40.9 Å². The molecule has 1 N–H and O–H groups in total. The number of ether oxygens (including phenoxy) is 1. The third-order valence-electron chi connectivity index (χ3n) is 4.80. The van der Waals surface area contributed by atoms with Crippen LogP contribution in [0.5, 0.6) is 0 Å². The molecule has 2 aromatic rings. The summed E-state index contributed by atoms with van der Waals surface area (Å²) in [4.78, 5) is 28.3. The molecule has 30 heavy (non-hydrogen) atoms. The van der Waals surface area contributed by atoms with Crippen LogP contribution in [0.3, 0.4) is 0 Å². The highest BCUT2D eigenvalue weighted by Gasteiger charge is 2.31. The molecule has 0 bridgehead atoms. The molecule has 1 aliphatic rings. The number of sulfonamides is 1. The van der Waals surface area contributed by atoms with Crippen molar-refractivity contribution in [3.8, 4) is 0 Å². The molecule has 162 valence electrons. The average molecular weight is 452 g/mol. The molecule has 0 saturated carbocycles. The van der Waals surface area contributed by atoms with Crippen LogP contribution in [-0.4, -0.2) is 49.3 Å². The van der Waals surface area contributed by atoms with E-state index in [9.17, 15) is 18.0 Å². The van der Waals surface area contributed by atoms with Gasteiger partial charge in [-0.1, -0.05) is 13.8 Å². The number of hydrogen-bond acceptors (Lipinski definition) is 7. The number of carbonyl (C=O) groups excluding carboxylic acids is 2. The number of esters is 1. The van der Waals surface area contributed by atoms with Gasteiger partial charge in [-0.15, -0.1) is 11.3 Å². The zero-order chi connectivity index (χ0) is 21.9. The van der Waals surface area contributed by atoms with Crippen LogP contribution in [0.15, 0.2) is 34.5 Å². The highest BCUT2D eigenvalue weighted by molar-refractivity contribution is 7.89. The molecular formula is C20H25N3O5S2. The summed E-state index contributed by atoms with van der Waals surface area (Å²) in [6.07, 6.45) is 1.01. The summed E-state index contributed by atoms with van der Waals surface area (Å²) in [5, 5.41) is 4.37. The van der Waals surface area contributed by atoms with Crippen LogP contribution in [0, 0.1) is 11.8 Å². The molecule has 10 heteroatoms. The Morgan fingerprint density at radius 1 is 1.20 bits per heavy atom. The second kappa shape index (κ2) is 9.23. The van der Waals surface area contributed by atoms with E-state index in [-0.39, 0.29) is 22.3 Å². The van der Waals surface area contributed by atoms with E-state index in [1.165, 1.54) is 34.0 Å². The molecule has 8 nitrogen and oxygen atoms in total. The van der Waals surface area contributed by atoms with Crippen molar-refractivity contribution in [1.82, 2.24) is 9.29 Å². The largest absolute Gasteiger partial charge is 0.461 e. The highest BCUT2D eigenvalue weighted by atomic mass is 32.2.